The Kier molecular flexibility index (Phi) is 7.02. The molecule has 0 radical (unpaired) electrons. The van der Waals surface area contributed by atoms with Crippen LogP contribution in [0, 0.1) is 5.92 Å². The molecule has 5 rings (SSSR count). The second-order valence-corrected chi connectivity index (χ2v) is 10.9. The molecular formula is C29H33N3O2S. The highest BCUT2D eigenvalue weighted by Crippen LogP contribution is 2.44. The average molecular weight is 488 g/mol. The van der Waals surface area contributed by atoms with E-state index in [2.05, 4.69) is 54.4 Å². The van der Waals surface area contributed by atoms with Gasteiger partial charge >= 0.3 is 0 Å². The number of benzene rings is 2. The quantitative estimate of drug-likeness (QED) is 0.518. The van der Waals surface area contributed by atoms with Gasteiger partial charge in [-0.15, -0.1) is 11.3 Å². The summed E-state index contributed by atoms with van der Waals surface area (Å²) >= 11 is 1.62. The van der Waals surface area contributed by atoms with Crippen molar-refractivity contribution >= 4 is 23.2 Å². The lowest BCUT2D eigenvalue weighted by Crippen LogP contribution is -2.49. The fourth-order valence-corrected chi connectivity index (χ4v) is 6.31. The maximum atomic E-state index is 13.8. The Hall–Kier alpha value is -2.96. The molecule has 2 aliphatic heterocycles. The first kappa shape index (κ1) is 23.8. The fraction of sp³-hybridized carbons (Fsp3) is 0.379. The largest absolute Gasteiger partial charge is 0.354 e. The van der Waals surface area contributed by atoms with E-state index < -0.39 is 5.92 Å². The maximum Gasteiger partial charge on any atom is 0.254 e. The topological polar surface area (TPSA) is 52.7 Å². The van der Waals surface area contributed by atoms with E-state index in [0.717, 1.165) is 36.5 Å². The van der Waals surface area contributed by atoms with Gasteiger partial charge < -0.3 is 10.2 Å². The molecule has 0 unspecified atom stereocenters. The van der Waals surface area contributed by atoms with Crippen LogP contribution in [-0.4, -0.2) is 47.8 Å². The molecule has 3 heterocycles. The number of thiophene rings is 1. The van der Waals surface area contributed by atoms with Gasteiger partial charge in [0.05, 0.1) is 12.0 Å². The number of rotatable bonds is 7. The molecule has 0 fully saturated rings. The van der Waals surface area contributed by atoms with E-state index >= 15 is 0 Å². The zero-order chi connectivity index (χ0) is 24.4. The van der Waals surface area contributed by atoms with Gasteiger partial charge in [0.25, 0.3) is 5.91 Å². The van der Waals surface area contributed by atoms with E-state index in [-0.39, 0.29) is 17.9 Å². The first-order valence-corrected chi connectivity index (χ1v) is 13.4. The number of nitrogens with zero attached hydrogens (tertiary/aromatic N) is 2. The summed E-state index contributed by atoms with van der Waals surface area (Å²) in [5, 5.41) is 5.26. The van der Waals surface area contributed by atoms with Gasteiger partial charge in [-0.05, 0) is 46.5 Å². The maximum absolute atomic E-state index is 13.8. The molecule has 3 aromatic rings. The van der Waals surface area contributed by atoms with E-state index in [1.807, 2.05) is 40.6 Å². The minimum atomic E-state index is -0.427. The van der Waals surface area contributed by atoms with Crippen molar-refractivity contribution in [3.8, 4) is 0 Å². The van der Waals surface area contributed by atoms with E-state index in [4.69, 9.17) is 0 Å². The minimum absolute atomic E-state index is 0.00508. The average Bonchev–Trinajstić information content (AvgIpc) is 3.40. The molecule has 6 heteroatoms. The number of fused-ring (bicyclic) bond motifs is 2. The van der Waals surface area contributed by atoms with Crippen LogP contribution in [0.3, 0.4) is 0 Å². The molecule has 0 saturated carbocycles. The Morgan fingerprint density at radius 2 is 1.83 bits per heavy atom. The van der Waals surface area contributed by atoms with Gasteiger partial charge in [-0.1, -0.05) is 62.4 Å². The molecule has 0 bridgehead atoms. The van der Waals surface area contributed by atoms with Crippen LogP contribution in [0.1, 0.15) is 57.7 Å². The summed E-state index contributed by atoms with van der Waals surface area (Å²) in [7, 11) is 0. The van der Waals surface area contributed by atoms with Crippen molar-refractivity contribution in [2.24, 2.45) is 5.92 Å². The number of carbonyl (C=O) groups excluding carboxylic acids is 2. The monoisotopic (exact) mass is 487 g/mol. The van der Waals surface area contributed by atoms with Crippen LogP contribution < -0.4 is 5.32 Å². The van der Waals surface area contributed by atoms with E-state index in [1.165, 1.54) is 11.1 Å². The Balaban J connectivity index is 1.36. The predicted molar refractivity (Wildman–Crippen MR) is 141 cm³/mol. The molecule has 2 aliphatic rings. The highest BCUT2D eigenvalue weighted by atomic mass is 32.1. The van der Waals surface area contributed by atoms with Crippen LogP contribution in [0.4, 0.5) is 0 Å². The Labute approximate surface area is 211 Å². The van der Waals surface area contributed by atoms with Crippen LogP contribution in [-0.2, 0) is 17.8 Å². The third kappa shape index (κ3) is 4.91. The van der Waals surface area contributed by atoms with Gasteiger partial charge in [-0.2, -0.15) is 0 Å². The molecule has 1 aromatic heterocycles. The highest BCUT2D eigenvalue weighted by Gasteiger charge is 2.44. The summed E-state index contributed by atoms with van der Waals surface area (Å²) in [6.45, 7) is 8.19. The molecule has 35 heavy (non-hydrogen) atoms. The Bertz CT molecular complexity index is 1190. The van der Waals surface area contributed by atoms with Crippen molar-refractivity contribution in [1.82, 2.24) is 15.1 Å². The minimum Gasteiger partial charge on any atom is -0.354 e. The number of nitrogens with one attached hydrogen (secondary N) is 1. The van der Waals surface area contributed by atoms with E-state index in [0.29, 0.717) is 24.6 Å². The molecule has 2 aromatic carbocycles. The summed E-state index contributed by atoms with van der Waals surface area (Å²) in [5.41, 5.74) is 4.29. The van der Waals surface area contributed by atoms with Crippen molar-refractivity contribution in [3.05, 3.63) is 93.2 Å². The molecule has 2 atom stereocenters. The number of hydrogen-bond acceptors (Lipinski definition) is 4. The number of amides is 2. The van der Waals surface area contributed by atoms with Crippen LogP contribution in [0.15, 0.2) is 66.0 Å². The van der Waals surface area contributed by atoms with E-state index in [9.17, 15) is 9.59 Å². The van der Waals surface area contributed by atoms with Gasteiger partial charge in [0.2, 0.25) is 5.91 Å². The highest BCUT2D eigenvalue weighted by molar-refractivity contribution is 7.10. The lowest BCUT2D eigenvalue weighted by molar-refractivity contribution is -0.124. The van der Waals surface area contributed by atoms with Crippen LogP contribution in [0.25, 0.3) is 0 Å². The standard InChI is InChI=1S/C29H33N3O2S/c1-20(2)18-32-27(25-12-7-17-35-25)26(23-10-5-6-11-24(23)29(32)34)28(33)30-14-16-31-15-13-21-8-3-4-9-22(21)19-31/h3-12,17,20,26-27H,13-16,18-19H2,1-2H3,(H,30,33)/t26-,27+/m1/s1. The molecule has 0 saturated heterocycles. The molecule has 0 spiro atoms. The van der Waals surface area contributed by atoms with Crippen molar-refractivity contribution in [1.29, 1.82) is 0 Å². The molecule has 0 aliphatic carbocycles. The van der Waals surface area contributed by atoms with Crippen molar-refractivity contribution < 1.29 is 9.59 Å². The van der Waals surface area contributed by atoms with Crippen LogP contribution >= 0.6 is 11.3 Å². The Morgan fingerprint density at radius 3 is 2.60 bits per heavy atom. The summed E-state index contributed by atoms with van der Waals surface area (Å²) in [5.74, 6) is -0.112. The molecule has 5 nitrogen and oxygen atoms in total. The van der Waals surface area contributed by atoms with E-state index in [1.54, 1.807) is 11.3 Å². The normalized spacial score (nSPS) is 20.0. The van der Waals surface area contributed by atoms with Gasteiger partial charge in [-0.25, -0.2) is 0 Å². The number of hydrogen-bond donors (Lipinski definition) is 1. The molecular weight excluding hydrogens is 454 g/mol. The van der Waals surface area contributed by atoms with Crippen LogP contribution in [0.2, 0.25) is 0 Å². The van der Waals surface area contributed by atoms with Gasteiger partial charge in [0, 0.05) is 43.2 Å². The van der Waals surface area contributed by atoms with Crippen molar-refractivity contribution in [3.63, 3.8) is 0 Å². The second-order valence-electron chi connectivity index (χ2n) is 9.96. The predicted octanol–water partition coefficient (Wildman–Crippen LogP) is 4.86. The second kappa shape index (κ2) is 10.3. The first-order chi connectivity index (χ1) is 17.0. The summed E-state index contributed by atoms with van der Waals surface area (Å²) in [4.78, 5) is 32.7. The summed E-state index contributed by atoms with van der Waals surface area (Å²) in [6, 6.07) is 20.0. The zero-order valence-electron chi connectivity index (χ0n) is 20.4. The molecule has 182 valence electrons. The fourth-order valence-electron chi connectivity index (χ4n) is 5.44. The van der Waals surface area contributed by atoms with Crippen LogP contribution in [0.5, 0.6) is 0 Å². The molecule has 2 amide bonds. The SMILES string of the molecule is CC(C)CN1C(=O)c2ccccc2[C@@H](C(=O)NCCN2CCc3ccccc3C2)[C@@H]1c1cccs1. The van der Waals surface area contributed by atoms with Gasteiger partial charge in [0.1, 0.15) is 0 Å². The summed E-state index contributed by atoms with van der Waals surface area (Å²) < 4.78 is 0. The smallest absolute Gasteiger partial charge is 0.254 e. The molecule has 1 N–H and O–H groups in total. The lowest BCUT2D eigenvalue weighted by Gasteiger charge is -2.42. The number of carbonyl (C=O) groups is 2. The van der Waals surface area contributed by atoms with Crippen molar-refractivity contribution in [2.45, 2.75) is 38.8 Å². The van der Waals surface area contributed by atoms with Gasteiger partial charge in [-0.3, -0.25) is 14.5 Å². The Morgan fingerprint density at radius 1 is 1.06 bits per heavy atom. The third-order valence-electron chi connectivity index (χ3n) is 7.05. The first-order valence-electron chi connectivity index (χ1n) is 12.5. The zero-order valence-corrected chi connectivity index (χ0v) is 21.3. The van der Waals surface area contributed by atoms with Gasteiger partial charge in [0.15, 0.2) is 0 Å². The lowest BCUT2D eigenvalue weighted by atomic mass is 9.81. The summed E-state index contributed by atoms with van der Waals surface area (Å²) in [6.07, 6.45) is 1.05. The van der Waals surface area contributed by atoms with Crippen molar-refractivity contribution in [2.75, 3.05) is 26.2 Å². The third-order valence-corrected chi connectivity index (χ3v) is 8.00.